The minimum atomic E-state index is -0.611. The number of carbonyl (C=O) groups is 3. The highest BCUT2D eigenvalue weighted by molar-refractivity contribution is 6.37. The normalized spacial score (nSPS) is 13.3. The molecule has 10 rings (SSSR count). The number of halogens is 1. The summed E-state index contributed by atoms with van der Waals surface area (Å²) in [5.41, 5.74) is 8.16. The van der Waals surface area contributed by atoms with Crippen molar-refractivity contribution in [3.8, 4) is 45.3 Å². The Morgan fingerprint density at radius 3 is 1.88 bits per heavy atom. The summed E-state index contributed by atoms with van der Waals surface area (Å²) in [7, 11) is 0. The van der Waals surface area contributed by atoms with Crippen molar-refractivity contribution in [2.75, 3.05) is 39.6 Å². The maximum atomic E-state index is 13.8. The molecule has 1 heterocycles. The van der Waals surface area contributed by atoms with Gasteiger partial charge in [-0.25, -0.2) is 14.4 Å². The first-order chi connectivity index (χ1) is 36.2. The number of epoxide rings is 1. The summed E-state index contributed by atoms with van der Waals surface area (Å²) in [4.78, 5) is 39.1. The molecule has 0 spiro atoms. The molecule has 0 radical (unpaired) electrons. The van der Waals surface area contributed by atoms with Crippen molar-refractivity contribution in [2.24, 2.45) is 10.2 Å². The molecule has 1 aliphatic carbocycles. The van der Waals surface area contributed by atoms with Gasteiger partial charge in [0.1, 0.15) is 34.8 Å². The predicted molar refractivity (Wildman–Crippen MR) is 286 cm³/mol. The highest BCUT2D eigenvalue weighted by Crippen LogP contribution is 2.38. The van der Waals surface area contributed by atoms with Crippen molar-refractivity contribution in [3.05, 3.63) is 203 Å². The van der Waals surface area contributed by atoms with Crippen LogP contribution in [0.2, 0.25) is 5.02 Å². The lowest BCUT2D eigenvalue weighted by Crippen LogP contribution is -2.11. The van der Waals surface area contributed by atoms with Crippen LogP contribution in [0.5, 0.6) is 23.0 Å². The van der Waals surface area contributed by atoms with Gasteiger partial charge >= 0.3 is 17.9 Å². The highest BCUT2D eigenvalue weighted by Gasteiger charge is 2.25. The third-order valence-electron chi connectivity index (χ3n) is 12.4. The average Bonchev–Trinajstić information content (AvgIpc) is 4.21. The van der Waals surface area contributed by atoms with Crippen LogP contribution in [-0.4, -0.2) is 75.6 Å². The minimum Gasteiger partial charge on any atom is -0.494 e. The smallest absolute Gasteiger partial charge is 0.343 e. The fourth-order valence-electron chi connectivity index (χ4n) is 8.47. The molecular weight excluding hydrogens is 956 g/mol. The van der Waals surface area contributed by atoms with Gasteiger partial charge in [0.15, 0.2) is 0 Å². The zero-order valence-corrected chi connectivity index (χ0v) is 41.1. The van der Waals surface area contributed by atoms with Crippen LogP contribution < -0.4 is 18.9 Å². The van der Waals surface area contributed by atoms with Crippen LogP contribution in [0.25, 0.3) is 43.8 Å². The summed E-state index contributed by atoms with van der Waals surface area (Å²) in [5, 5.41) is 12.5. The first-order valence-corrected chi connectivity index (χ1v) is 24.6. The molecule has 0 aromatic heterocycles. The van der Waals surface area contributed by atoms with Gasteiger partial charge in [-0.1, -0.05) is 109 Å². The number of nitrogens with zero attached hydrogens (tertiary/aromatic N) is 2. The topological polar surface area (TPSA) is 144 Å². The van der Waals surface area contributed by atoms with Crippen molar-refractivity contribution in [1.82, 2.24) is 0 Å². The van der Waals surface area contributed by atoms with Crippen molar-refractivity contribution in [1.29, 1.82) is 0 Å². The third kappa shape index (κ3) is 11.4. The third-order valence-corrected chi connectivity index (χ3v) is 12.8. The number of fused-ring (bicyclic) bond motifs is 5. The van der Waals surface area contributed by atoms with Crippen molar-refractivity contribution in [2.45, 2.75) is 25.9 Å². The second-order valence-corrected chi connectivity index (χ2v) is 18.1. The van der Waals surface area contributed by atoms with E-state index in [1.807, 2.05) is 84.9 Å². The Morgan fingerprint density at radius 2 is 1.20 bits per heavy atom. The minimum absolute atomic E-state index is 0.210. The quantitative estimate of drug-likeness (QED) is 0.0138. The number of ether oxygens (including phenoxy) is 7. The SMILES string of the molecule is C=C(C)C(=O)OCCCOc1ccc(-c2ccc3c(Cl)c(OC(=O)c4ccc5c(/C=N/N=C6c7ccccc7-c7ccccc76)c(OC(=O)c6ccc(OCCCOCC7CO7)cc6)ccc5c4)ccc3c2)cc1. The summed E-state index contributed by atoms with van der Waals surface area (Å²) in [6.45, 7) is 8.23. The van der Waals surface area contributed by atoms with E-state index in [1.165, 1.54) is 0 Å². The van der Waals surface area contributed by atoms with Gasteiger partial charge in [-0.2, -0.15) is 5.10 Å². The second-order valence-electron chi connectivity index (χ2n) is 17.7. The molecule has 8 aromatic rings. The lowest BCUT2D eigenvalue weighted by Gasteiger charge is -2.13. The Kier molecular flexibility index (Phi) is 15.0. The summed E-state index contributed by atoms with van der Waals surface area (Å²) < 4.78 is 39.6. The second kappa shape index (κ2) is 22.6. The van der Waals surface area contributed by atoms with Gasteiger partial charge in [-0.05, 0) is 112 Å². The molecule has 2 aliphatic rings. The molecule has 1 atom stereocenters. The zero-order chi connectivity index (χ0) is 51.0. The fourth-order valence-corrected chi connectivity index (χ4v) is 8.75. The van der Waals surface area contributed by atoms with Crippen LogP contribution in [0.4, 0.5) is 0 Å². The van der Waals surface area contributed by atoms with Crippen LogP contribution in [0.15, 0.2) is 180 Å². The highest BCUT2D eigenvalue weighted by atomic mass is 35.5. The Labute approximate surface area is 432 Å². The van der Waals surface area contributed by atoms with Gasteiger partial charge in [0.2, 0.25) is 0 Å². The number of carbonyl (C=O) groups excluding carboxylic acids is 3. The molecule has 0 N–H and O–H groups in total. The molecule has 12 nitrogen and oxygen atoms in total. The largest absolute Gasteiger partial charge is 0.494 e. The van der Waals surface area contributed by atoms with E-state index < -0.39 is 17.9 Å². The van der Waals surface area contributed by atoms with E-state index in [4.69, 9.17) is 49.9 Å². The summed E-state index contributed by atoms with van der Waals surface area (Å²) in [6, 6.07) is 48.6. The van der Waals surface area contributed by atoms with Crippen LogP contribution >= 0.6 is 11.6 Å². The summed E-state index contributed by atoms with van der Waals surface area (Å²) >= 11 is 6.91. The number of rotatable bonds is 20. The van der Waals surface area contributed by atoms with Gasteiger partial charge in [0.05, 0.1) is 55.4 Å². The average molecular weight is 1010 g/mol. The lowest BCUT2D eigenvalue weighted by molar-refractivity contribution is -0.139. The molecule has 0 bridgehead atoms. The summed E-state index contributed by atoms with van der Waals surface area (Å²) in [5.74, 6) is 0.168. The maximum absolute atomic E-state index is 13.8. The van der Waals surface area contributed by atoms with E-state index >= 15 is 0 Å². The molecule has 0 saturated carbocycles. The molecule has 370 valence electrons. The molecule has 8 aromatic carbocycles. The van der Waals surface area contributed by atoms with E-state index in [9.17, 15) is 14.4 Å². The maximum Gasteiger partial charge on any atom is 0.343 e. The number of hydrogen-bond donors (Lipinski definition) is 0. The van der Waals surface area contributed by atoms with E-state index in [0.717, 1.165) is 51.1 Å². The number of hydrogen-bond acceptors (Lipinski definition) is 12. The van der Waals surface area contributed by atoms with Crippen LogP contribution in [0, 0.1) is 0 Å². The Hall–Kier alpha value is -8.42. The van der Waals surface area contributed by atoms with Crippen LogP contribution in [0.1, 0.15) is 57.2 Å². The first-order valence-electron chi connectivity index (χ1n) is 24.2. The van der Waals surface area contributed by atoms with E-state index in [2.05, 4.69) is 23.8 Å². The lowest BCUT2D eigenvalue weighted by atomic mass is 10.0. The molecule has 1 unspecified atom stereocenters. The number of esters is 3. The molecule has 1 aliphatic heterocycles. The first kappa shape index (κ1) is 49.2. The Balaban J connectivity index is 0.852. The van der Waals surface area contributed by atoms with Crippen LogP contribution in [-0.2, 0) is 19.0 Å². The van der Waals surface area contributed by atoms with Gasteiger partial charge in [-0.15, -0.1) is 5.10 Å². The predicted octanol–water partition coefficient (Wildman–Crippen LogP) is 12.7. The van der Waals surface area contributed by atoms with Crippen LogP contribution in [0.3, 0.4) is 0 Å². The molecule has 1 saturated heterocycles. The molecule has 0 amide bonds. The zero-order valence-electron chi connectivity index (χ0n) is 40.4. The summed E-state index contributed by atoms with van der Waals surface area (Å²) in [6.07, 6.45) is 3.06. The van der Waals surface area contributed by atoms with Gasteiger partial charge in [-0.3, -0.25) is 0 Å². The number of benzene rings is 8. The standard InChI is InChI=1S/C61H49ClN2O10/c1-38(2)59(65)71-32-8-31-70-45-21-13-39(14-22-45)41-17-26-49-43(33-41)20-28-56(57(49)62)74-61(67)44-18-25-48-42(34-44)19-27-55(73-60(66)40-15-23-46(24-16-40)69-30-7-29-68-36-47-37-72-47)54(48)35-63-64-58-52-11-5-3-9-50(52)51-10-4-6-12-53(51)58/h3-6,9-28,33-35,47H,1,7-8,29-32,36-37H2,2H3/b63-35+. The van der Waals surface area contributed by atoms with Crippen molar-refractivity contribution in [3.63, 3.8) is 0 Å². The monoisotopic (exact) mass is 1000 g/mol. The Bertz CT molecular complexity index is 3450. The van der Waals surface area contributed by atoms with E-state index in [-0.39, 0.29) is 29.8 Å². The molecule has 13 heteroatoms. The van der Waals surface area contributed by atoms with Gasteiger partial charge in [0.25, 0.3) is 0 Å². The molecule has 1 fully saturated rings. The molecule has 74 heavy (non-hydrogen) atoms. The Morgan fingerprint density at radius 1 is 0.635 bits per heavy atom. The van der Waals surface area contributed by atoms with Gasteiger partial charge in [0, 0.05) is 47.1 Å². The van der Waals surface area contributed by atoms with Crippen molar-refractivity contribution >= 4 is 63.0 Å². The van der Waals surface area contributed by atoms with Crippen molar-refractivity contribution < 1.29 is 47.5 Å². The van der Waals surface area contributed by atoms with E-state index in [0.29, 0.717) is 88.6 Å². The fraction of sp³-hybridized carbons (Fsp3) is 0.164. The van der Waals surface area contributed by atoms with E-state index in [1.54, 1.807) is 73.8 Å². The van der Waals surface area contributed by atoms with Gasteiger partial charge < -0.3 is 33.2 Å². The molecular formula is C61H49ClN2O10.